The molecule has 0 saturated heterocycles. The summed E-state index contributed by atoms with van der Waals surface area (Å²) in [5.41, 5.74) is -0.280. The number of ketones is 1. The maximum atomic E-state index is 11.7. The van der Waals surface area contributed by atoms with E-state index in [-0.39, 0.29) is 22.6 Å². The molecule has 1 aromatic heterocycles. The van der Waals surface area contributed by atoms with Crippen molar-refractivity contribution in [2.45, 2.75) is 26.0 Å². The van der Waals surface area contributed by atoms with Gasteiger partial charge in [-0.2, -0.15) is 0 Å². The van der Waals surface area contributed by atoms with Crippen LogP contribution in [0.5, 0.6) is 0 Å². The van der Waals surface area contributed by atoms with Crippen LogP contribution in [0.1, 0.15) is 25.3 Å². The number of carbonyl (C=O) groups excluding carboxylic acids is 1. The van der Waals surface area contributed by atoms with Crippen LogP contribution in [0.3, 0.4) is 0 Å². The van der Waals surface area contributed by atoms with Crippen molar-refractivity contribution in [1.82, 2.24) is 4.98 Å². The van der Waals surface area contributed by atoms with E-state index in [4.69, 9.17) is 4.74 Å². The average Bonchev–Trinajstić information content (AvgIpc) is 2.76. The molecule has 1 aliphatic rings. The fourth-order valence-electron chi connectivity index (χ4n) is 2.42. The lowest BCUT2D eigenvalue weighted by atomic mass is 9.88. The van der Waals surface area contributed by atoms with E-state index in [0.717, 1.165) is 12.3 Å². The van der Waals surface area contributed by atoms with Gasteiger partial charge in [-0.3, -0.25) is 30.0 Å². The van der Waals surface area contributed by atoms with Crippen LogP contribution < -0.4 is 0 Å². The summed E-state index contributed by atoms with van der Waals surface area (Å²) in [5, 5.41) is 22.2. The molecule has 0 fully saturated rings. The molecule has 9 nitrogen and oxygen atoms in total. The predicted octanol–water partition coefficient (Wildman–Crippen LogP) is 1.57. The molecule has 0 aliphatic carbocycles. The minimum absolute atomic E-state index is 0.00810. The Morgan fingerprint density at radius 2 is 2.05 bits per heavy atom. The Bertz CT molecular complexity index is 669. The van der Waals surface area contributed by atoms with Crippen molar-refractivity contribution in [1.29, 1.82) is 0 Å². The van der Waals surface area contributed by atoms with Crippen molar-refractivity contribution >= 4 is 11.5 Å². The van der Waals surface area contributed by atoms with E-state index in [1.807, 2.05) is 0 Å². The maximum absolute atomic E-state index is 11.7. The monoisotopic (exact) mass is 293 g/mol. The quantitative estimate of drug-likeness (QED) is 0.609. The molecule has 9 heteroatoms. The van der Waals surface area contributed by atoms with Crippen LogP contribution in [0.2, 0.25) is 0 Å². The molecular formula is C12H11N3O6. The molecule has 110 valence electrons. The lowest BCUT2D eigenvalue weighted by molar-refractivity contribution is -0.570. The van der Waals surface area contributed by atoms with E-state index in [9.17, 15) is 25.0 Å². The zero-order valence-corrected chi connectivity index (χ0v) is 11.2. The molecule has 0 aromatic carbocycles. The second-order valence-corrected chi connectivity index (χ2v) is 4.49. The number of Topliss-reactive ketones (excluding diaryl/α,β-unsaturated/α-hetero) is 1. The first-order valence-corrected chi connectivity index (χ1v) is 5.94. The van der Waals surface area contributed by atoms with Gasteiger partial charge in [-0.05, 0) is 13.8 Å². The van der Waals surface area contributed by atoms with Crippen LogP contribution in [-0.4, -0.2) is 26.8 Å². The van der Waals surface area contributed by atoms with Gasteiger partial charge in [-0.15, -0.1) is 0 Å². The Balaban J connectivity index is 2.64. The summed E-state index contributed by atoms with van der Waals surface area (Å²) in [4.78, 5) is 36.3. The lowest BCUT2D eigenvalue weighted by Crippen LogP contribution is -2.28. The van der Waals surface area contributed by atoms with Gasteiger partial charge in [0.05, 0.1) is 21.0 Å². The summed E-state index contributed by atoms with van der Waals surface area (Å²) in [6, 6.07) is 1.14. The molecular weight excluding hydrogens is 282 g/mol. The first kappa shape index (κ1) is 14.6. The second kappa shape index (κ2) is 5.27. The van der Waals surface area contributed by atoms with Gasteiger partial charge in [0.1, 0.15) is 11.7 Å². The first-order valence-electron chi connectivity index (χ1n) is 5.94. The van der Waals surface area contributed by atoms with Crippen LogP contribution >= 0.6 is 0 Å². The van der Waals surface area contributed by atoms with Crippen molar-refractivity contribution in [2.75, 3.05) is 0 Å². The van der Waals surface area contributed by atoms with E-state index in [2.05, 4.69) is 4.98 Å². The molecule has 1 aromatic rings. The molecule has 0 bridgehead atoms. The molecule has 2 atom stereocenters. The van der Waals surface area contributed by atoms with Crippen molar-refractivity contribution in [3.05, 3.63) is 55.6 Å². The van der Waals surface area contributed by atoms with E-state index in [1.165, 1.54) is 20.0 Å². The topological polar surface area (TPSA) is 125 Å². The number of allylic oxidation sites excluding steroid dienone is 1. The number of nitro groups is 2. The Labute approximate surface area is 118 Å². The molecule has 0 amide bonds. The van der Waals surface area contributed by atoms with Gasteiger partial charge < -0.3 is 4.74 Å². The predicted molar refractivity (Wildman–Crippen MR) is 68.9 cm³/mol. The minimum atomic E-state index is -1.58. The van der Waals surface area contributed by atoms with Crippen molar-refractivity contribution in [3.63, 3.8) is 0 Å². The highest BCUT2D eigenvalue weighted by molar-refractivity contribution is 5.96. The molecule has 1 aliphatic heterocycles. The first-order chi connectivity index (χ1) is 9.84. The van der Waals surface area contributed by atoms with E-state index in [0.29, 0.717) is 0 Å². The Morgan fingerprint density at radius 3 is 2.57 bits per heavy atom. The number of rotatable bonds is 4. The number of ether oxygens (including phenoxy) is 1. The van der Waals surface area contributed by atoms with Crippen LogP contribution in [0, 0.1) is 20.2 Å². The number of hydrogen-bond donors (Lipinski definition) is 0. The number of aromatic nitrogens is 1. The highest BCUT2D eigenvalue weighted by atomic mass is 16.7. The normalized spacial score (nSPS) is 21.0. The minimum Gasteiger partial charge on any atom is -0.434 e. The molecule has 2 heterocycles. The molecule has 2 rings (SSSR count). The molecule has 21 heavy (non-hydrogen) atoms. The summed E-state index contributed by atoms with van der Waals surface area (Å²) in [6.07, 6.45) is 0.791. The zero-order chi connectivity index (χ0) is 15.7. The summed E-state index contributed by atoms with van der Waals surface area (Å²) in [7, 11) is 0. The highest BCUT2D eigenvalue weighted by Gasteiger charge is 2.48. The van der Waals surface area contributed by atoms with Gasteiger partial charge in [0.25, 0.3) is 5.69 Å². The van der Waals surface area contributed by atoms with Gasteiger partial charge in [0.2, 0.25) is 0 Å². The Morgan fingerprint density at radius 1 is 1.38 bits per heavy atom. The van der Waals surface area contributed by atoms with Crippen molar-refractivity contribution < 1.29 is 19.4 Å². The fraction of sp³-hybridized carbons (Fsp3) is 0.333. The third-order valence-corrected chi connectivity index (χ3v) is 3.22. The molecule has 0 spiro atoms. The van der Waals surface area contributed by atoms with E-state index < -0.39 is 27.8 Å². The van der Waals surface area contributed by atoms with Gasteiger partial charge in [0, 0.05) is 18.5 Å². The second-order valence-electron chi connectivity index (χ2n) is 4.49. The summed E-state index contributed by atoms with van der Waals surface area (Å²) >= 11 is 0. The fourth-order valence-corrected chi connectivity index (χ4v) is 2.42. The van der Waals surface area contributed by atoms with E-state index in [1.54, 1.807) is 0 Å². The van der Waals surface area contributed by atoms with Crippen molar-refractivity contribution in [2.24, 2.45) is 0 Å². The highest BCUT2D eigenvalue weighted by Crippen LogP contribution is 2.42. The molecule has 0 radical (unpaired) electrons. The molecule has 0 N–H and O–H groups in total. The standard InChI is InChI=1S/C12H11N3O6/c1-6(16)10-7(2)21-12(15(19)20)11(10)8-5-13-4-3-9(8)14(17)18/h3-5,11-12H,1-2H3. The van der Waals surface area contributed by atoms with E-state index >= 15 is 0 Å². The number of hydrogen-bond acceptors (Lipinski definition) is 7. The van der Waals surface area contributed by atoms with Gasteiger partial charge in [-0.1, -0.05) is 0 Å². The van der Waals surface area contributed by atoms with Crippen LogP contribution in [-0.2, 0) is 9.53 Å². The number of pyridine rings is 1. The smallest absolute Gasteiger partial charge is 0.365 e. The maximum Gasteiger partial charge on any atom is 0.365 e. The van der Waals surface area contributed by atoms with Crippen LogP contribution in [0.4, 0.5) is 5.69 Å². The van der Waals surface area contributed by atoms with Gasteiger partial charge in [-0.25, -0.2) is 0 Å². The SMILES string of the molecule is CC(=O)C1=C(C)OC([N+](=O)[O-])C1c1cnccc1[N+](=O)[O-]. The lowest BCUT2D eigenvalue weighted by Gasteiger charge is -2.14. The number of nitrogens with zero attached hydrogens (tertiary/aromatic N) is 3. The van der Waals surface area contributed by atoms with Crippen molar-refractivity contribution in [3.8, 4) is 0 Å². The number of carbonyl (C=O) groups is 1. The summed E-state index contributed by atoms with van der Waals surface area (Å²) < 4.78 is 5.11. The molecule has 0 saturated carbocycles. The van der Waals surface area contributed by atoms with Crippen LogP contribution in [0.15, 0.2) is 29.8 Å². The third-order valence-electron chi connectivity index (χ3n) is 3.22. The molecule has 2 unspecified atom stereocenters. The van der Waals surface area contributed by atoms with Crippen LogP contribution in [0.25, 0.3) is 0 Å². The largest absolute Gasteiger partial charge is 0.434 e. The van der Waals surface area contributed by atoms with Gasteiger partial charge >= 0.3 is 6.23 Å². The summed E-state index contributed by atoms with van der Waals surface area (Å²) in [5.74, 6) is -1.47. The summed E-state index contributed by atoms with van der Waals surface area (Å²) in [6.45, 7) is 2.66. The Kier molecular flexibility index (Phi) is 3.66. The zero-order valence-electron chi connectivity index (χ0n) is 11.2. The van der Waals surface area contributed by atoms with Gasteiger partial charge in [0.15, 0.2) is 5.78 Å². The Hall–Kier alpha value is -2.84. The third kappa shape index (κ3) is 2.45. The average molecular weight is 293 g/mol.